The van der Waals surface area contributed by atoms with Gasteiger partial charge in [0.2, 0.25) is 5.89 Å². The van der Waals surface area contributed by atoms with Gasteiger partial charge in [0.25, 0.3) is 5.56 Å². The summed E-state index contributed by atoms with van der Waals surface area (Å²) >= 11 is 7.33. The molecule has 32 heavy (non-hydrogen) atoms. The maximum absolute atomic E-state index is 13.3. The van der Waals surface area contributed by atoms with E-state index in [4.69, 9.17) is 21.0 Å². The lowest BCUT2D eigenvalue weighted by atomic mass is 10.2. The molecule has 0 atom stereocenters. The predicted molar refractivity (Wildman–Crippen MR) is 126 cm³/mol. The van der Waals surface area contributed by atoms with Crippen molar-refractivity contribution in [3.8, 4) is 17.1 Å². The SMILES string of the molecule is Cc1ccc(-n2c(SCc3ncc(-c4ccc(Cl)cc4)o3)nc3ccccc3c2=O)nc1. The van der Waals surface area contributed by atoms with Crippen LogP contribution >= 0.6 is 23.4 Å². The van der Waals surface area contributed by atoms with E-state index in [9.17, 15) is 4.79 Å². The van der Waals surface area contributed by atoms with Gasteiger partial charge >= 0.3 is 0 Å². The lowest BCUT2D eigenvalue weighted by Gasteiger charge is -2.12. The van der Waals surface area contributed by atoms with Gasteiger partial charge in [0.1, 0.15) is 5.82 Å². The largest absolute Gasteiger partial charge is 0.440 e. The fraction of sp³-hybridized carbons (Fsp3) is 0.0833. The number of oxazole rings is 1. The smallest absolute Gasteiger partial charge is 0.267 e. The van der Waals surface area contributed by atoms with Gasteiger partial charge in [-0.1, -0.05) is 41.6 Å². The molecule has 0 aliphatic heterocycles. The Morgan fingerprint density at radius 2 is 1.81 bits per heavy atom. The second kappa shape index (κ2) is 8.61. The van der Waals surface area contributed by atoms with Gasteiger partial charge < -0.3 is 4.42 Å². The van der Waals surface area contributed by atoms with E-state index in [1.54, 1.807) is 30.6 Å². The van der Waals surface area contributed by atoms with E-state index in [2.05, 4.69) is 9.97 Å². The van der Waals surface area contributed by atoms with Crippen LogP contribution in [0, 0.1) is 6.92 Å². The minimum absolute atomic E-state index is 0.163. The van der Waals surface area contributed by atoms with Gasteiger partial charge in [-0.3, -0.25) is 4.79 Å². The Hall–Kier alpha value is -3.42. The molecule has 5 aromatic rings. The van der Waals surface area contributed by atoms with Crippen molar-refractivity contribution < 1.29 is 4.42 Å². The van der Waals surface area contributed by atoms with Gasteiger partial charge in [-0.15, -0.1) is 0 Å². The molecule has 6 nitrogen and oxygen atoms in total. The number of thioether (sulfide) groups is 1. The second-order valence-corrected chi connectivity index (χ2v) is 8.54. The summed E-state index contributed by atoms with van der Waals surface area (Å²) in [6.45, 7) is 1.95. The highest BCUT2D eigenvalue weighted by atomic mass is 35.5. The van der Waals surface area contributed by atoms with Crippen molar-refractivity contribution in [3.63, 3.8) is 0 Å². The number of pyridine rings is 1. The molecule has 3 heterocycles. The van der Waals surface area contributed by atoms with Crippen LogP contribution in [0.1, 0.15) is 11.5 Å². The highest BCUT2D eigenvalue weighted by Gasteiger charge is 2.16. The normalized spacial score (nSPS) is 11.2. The number of hydrogen-bond acceptors (Lipinski definition) is 6. The third kappa shape index (κ3) is 4.04. The summed E-state index contributed by atoms with van der Waals surface area (Å²) in [7, 11) is 0. The Labute approximate surface area is 192 Å². The summed E-state index contributed by atoms with van der Waals surface area (Å²) in [5.74, 6) is 2.12. The lowest BCUT2D eigenvalue weighted by molar-refractivity contribution is 0.529. The van der Waals surface area contributed by atoms with Crippen LogP contribution in [0.25, 0.3) is 28.0 Å². The van der Waals surface area contributed by atoms with Crippen LogP contribution in [-0.4, -0.2) is 19.5 Å². The van der Waals surface area contributed by atoms with Crippen molar-refractivity contribution in [1.29, 1.82) is 0 Å². The van der Waals surface area contributed by atoms with E-state index < -0.39 is 0 Å². The zero-order chi connectivity index (χ0) is 22.1. The van der Waals surface area contributed by atoms with Gasteiger partial charge in [-0.25, -0.2) is 19.5 Å². The van der Waals surface area contributed by atoms with E-state index in [1.165, 1.54) is 16.3 Å². The predicted octanol–water partition coefficient (Wildman–Crippen LogP) is 5.69. The average Bonchev–Trinajstić information content (AvgIpc) is 3.28. The first-order valence-corrected chi connectivity index (χ1v) is 11.2. The molecule has 0 spiro atoms. The highest BCUT2D eigenvalue weighted by molar-refractivity contribution is 7.98. The first-order valence-electron chi connectivity index (χ1n) is 9.87. The summed E-state index contributed by atoms with van der Waals surface area (Å²) in [5.41, 5.74) is 2.38. The number of hydrogen-bond donors (Lipinski definition) is 0. The molecule has 8 heteroatoms. The molecular formula is C24H17ClN4O2S. The molecule has 0 unspecified atom stereocenters. The Balaban J connectivity index is 1.50. The molecule has 0 amide bonds. The van der Waals surface area contributed by atoms with Crippen LogP contribution < -0.4 is 5.56 Å². The highest BCUT2D eigenvalue weighted by Crippen LogP contribution is 2.27. The minimum atomic E-state index is -0.163. The number of aryl methyl sites for hydroxylation is 1. The molecule has 0 saturated carbocycles. The van der Waals surface area contributed by atoms with Crippen molar-refractivity contribution >= 4 is 34.3 Å². The van der Waals surface area contributed by atoms with Gasteiger partial charge in [0.15, 0.2) is 10.9 Å². The molecule has 0 fully saturated rings. The zero-order valence-corrected chi connectivity index (χ0v) is 18.6. The molecule has 3 aromatic heterocycles. The Kier molecular flexibility index (Phi) is 5.51. The molecule has 0 N–H and O–H groups in total. The number of benzene rings is 2. The van der Waals surface area contributed by atoms with Crippen molar-refractivity contribution in [1.82, 2.24) is 19.5 Å². The quantitative estimate of drug-likeness (QED) is 0.248. The molecule has 0 bridgehead atoms. The van der Waals surface area contributed by atoms with Gasteiger partial charge in [-0.05, 0) is 55.0 Å². The lowest BCUT2D eigenvalue weighted by Crippen LogP contribution is -2.22. The van der Waals surface area contributed by atoms with E-state index in [0.717, 1.165) is 11.1 Å². The van der Waals surface area contributed by atoms with Crippen molar-refractivity contribution in [2.45, 2.75) is 17.8 Å². The Morgan fingerprint density at radius 3 is 2.59 bits per heavy atom. The number of aromatic nitrogens is 4. The summed E-state index contributed by atoms with van der Waals surface area (Å²) in [5, 5.41) is 1.73. The fourth-order valence-corrected chi connectivity index (χ4v) is 4.23. The van der Waals surface area contributed by atoms with Gasteiger partial charge in [0.05, 0.1) is 22.9 Å². The maximum Gasteiger partial charge on any atom is 0.267 e. The first kappa shape index (κ1) is 20.5. The van der Waals surface area contributed by atoms with Crippen molar-refractivity contribution in [3.05, 3.63) is 99.9 Å². The topological polar surface area (TPSA) is 73.8 Å². The van der Waals surface area contributed by atoms with Crippen LogP contribution in [0.4, 0.5) is 0 Å². The third-order valence-electron chi connectivity index (χ3n) is 4.88. The molecule has 158 valence electrons. The Morgan fingerprint density at radius 1 is 1.00 bits per heavy atom. The molecule has 0 aliphatic rings. The van der Waals surface area contributed by atoms with Gasteiger partial charge in [0, 0.05) is 16.8 Å². The summed E-state index contributed by atoms with van der Waals surface area (Å²) in [6, 6.07) is 18.4. The van der Waals surface area contributed by atoms with Crippen LogP contribution in [0.5, 0.6) is 0 Å². The molecular weight excluding hydrogens is 444 g/mol. The Bertz CT molecular complexity index is 1460. The molecule has 5 rings (SSSR count). The number of rotatable bonds is 5. The van der Waals surface area contributed by atoms with Crippen LogP contribution in [-0.2, 0) is 5.75 Å². The summed E-state index contributed by atoms with van der Waals surface area (Å²) in [4.78, 5) is 26.8. The van der Waals surface area contributed by atoms with E-state index in [-0.39, 0.29) is 5.56 Å². The van der Waals surface area contributed by atoms with Crippen LogP contribution in [0.3, 0.4) is 0 Å². The van der Waals surface area contributed by atoms with Crippen LogP contribution in [0.15, 0.2) is 87.4 Å². The van der Waals surface area contributed by atoms with Gasteiger partial charge in [-0.2, -0.15) is 0 Å². The number of halogens is 1. The van der Waals surface area contributed by atoms with E-state index in [0.29, 0.717) is 44.3 Å². The molecule has 2 aromatic carbocycles. The monoisotopic (exact) mass is 460 g/mol. The van der Waals surface area contributed by atoms with Crippen LogP contribution in [0.2, 0.25) is 5.02 Å². The number of para-hydroxylation sites is 1. The first-order chi connectivity index (χ1) is 15.6. The maximum atomic E-state index is 13.3. The summed E-state index contributed by atoms with van der Waals surface area (Å²) in [6.07, 6.45) is 3.42. The second-order valence-electron chi connectivity index (χ2n) is 7.16. The number of fused-ring (bicyclic) bond motifs is 1. The number of nitrogens with zero attached hydrogens (tertiary/aromatic N) is 4. The average molecular weight is 461 g/mol. The molecule has 0 radical (unpaired) electrons. The fourth-order valence-electron chi connectivity index (χ4n) is 3.25. The standard InChI is InChI=1S/C24H17ClN4O2S/c1-15-6-11-21(26-12-15)29-23(30)18-4-2-3-5-19(18)28-24(29)32-14-22-27-13-20(31-22)16-7-9-17(25)10-8-16/h2-13H,14H2,1H3. The van der Waals surface area contributed by atoms with Crippen molar-refractivity contribution in [2.24, 2.45) is 0 Å². The third-order valence-corrected chi connectivity index (χ3v) is 6.05. The van der Waals surface area contributed by atoms with E-state index >= 15 is 0 Å². The minimum Gasteiger partial charge on any atom is -0.440 e. The zero-order valence-electron chi connectivity index (χ0n) is 17.0. The van der Waals surface area contributed by atoms with E-state index in [1.807, 2.05) is 49.4 Å². The molecule has 0 aliphatic carbocycles. The summed E-state index contributed by atoms with van der Waals surface area (Å²) < 4.78 is 7.44. The molecule has 0 saturated heterocycles. The van der Waals surface area contributed by atoms with Crippen molar-refractivity contribution in [2.75, 3.05) is 0 Å².